The summed E-state index contributed by atoms with van der Waals surface area (Å²) in [7, 11) is 1.50. The van der Waals surface area contributed by atoms with Crippen molar-refractivity contribution in [1.29, 1.82) is 0 Å². The average molecular weight is 277 g/mol. The Bertz CT molecular complexity index is 561. The first-order chi connectivity index (χ1) is 9.58. The van der Waals surface area contributed by atoms with Gasteiger partial charge < -0.3 is 16.4 Å². The van der Waals surface area contributed by atoms with E-state index in [-0.39, 0.29) is 31.0 Å². The molecule has 1 rings (SSSR count). The molecular formula is C14H16FN3O2. The molecule has 0 radical (unpaired) electrons. The van der Waals surface area contributed by atoms with Gasteiger partial charge in [-0.05, 0) is 18.2 Å². The van der Waals surface area contributed by atoms with Gasteiger partial charge in [0.25, 0.3) is 5.91 Å². The van der Waals surface area contributed by atoms with E-state index in [0.29, 0.717) is 5.56 Å². The van der Waals surface area contributed by atoms with Gasteiger partial charge in [0.05, 0.1) is 12.1 Å². The molecule has 20 heavy (non-hydrogen) atoms. The second kappa shape index (κ2) is 7.92. The molecule has 0 saturated carbocycles. The summed E-state index contributed by atoms with van der Waals surface area (Å²) in [4.78, 5) is 22.7. The molecule has 6 heteroatoms. The molecule has 4 N–H and O–H groups in total. The molecule has 0 spiro atoms. The highest BCUT2D eigenvalue weighted by Crippen LogP contribution is 2.09. The van der Waals surface area contributed by atoms with Gasteiger partial charge in [-0.25, -0.2) is 4.39 Å². The predicted molar refractivity (Wildman–Crippen MR) is 73.3 cm³/mol. The minimum Gasteiger partial charge on any atom is -0.359 e. The molecule has 0 atom stereocenters. The van der Waals surface area contributed by atoms with Crippen LogP contribution >= 0.6 is 0 Å². The van der Waals surface area contributed by atoms with Crippen molar-refractivity contribution in [3.63, 3.8) is 0 Å². The molecule has 0 fully saturated rings. The van der Waals surface area contributed by atoms with E-state index in [9.17, 15) is 14.0 Å². The van der Waals surface area contributed by atoms with Gasteiger partial charge >= 0.3 is 0 Å². The second-order valence-electron chi connectivity index (χ2n) is 3.88. The largest absolute Gasteiger partial charge is 0.359 e. The Balaban J connectivity index is 2.67. The van der Waals surface area contributed by atoms with Crippen LogP contribution in [0.1, 0.15) is 22.3 Å². The lowest BCUT2D eigenvalue weighted by Gasteiger charge is -2.06. The summed E-state index contributed by atoms with van der Waals surface area (Å²) < 4.78 is 13.7. The molecule has 1 aromatic carbocycles. The van der Waals surface area contributed by atoms with Crippen molar-refractivity contribution in [2.24, 2.45) is 5.73 Å². The van der Waals surface area contributed by atoms with Crippen LogP contribution in [0.4, 0.5) is 4.39 Å². The van der Waals surface area contributed by atoms with Crippen LogP contribution in [0.2, 0.25) is 0 Å². The first-order valence-corrected chi connectivity index (χ1v) is 6.05. The maximum atomic E-state index is 13.7. The zero-order valence-corrected chi connectivity index (χ0v) is 11.1. The number of carbonyl (C=O) groups excluding carboxylic acids is 2. The van der Waals surface area contributed by atoms with Gasteiger partial charge in [-0.2, -0.15) is 0 Å². The minimum atomic E-state index is -0.661. The highest BCUT2D eigenvalue weighted by atomic mass is 19.1. The summed E-state index contributed by atoms with van der Waals surface area (Å²) in [6.45, 7) is 0.329. The Hall–Kier alpha value is -2.39. The lowest BCUT2D eigenvalue weighted by Crippen LogP contribution is -2.29. The van der Waals surface area contributed by atoms with E-state index in [2.05, 4.69) is 22.5 Å². The lowest BCUT2D eigenvalue weighted by molar-refractivity contribution is -0.120. The van der Waals surface area contributed by atoms with Crippen molar-refractivity contribution in [1.82, 2.24) is 10.6 Å². The predicted octanol–water partition coefficient (Wildman–Crippen LogP) is 0.00180. The topological polar surface area (TPSA) is 84.2 Å². The van der Waals surface area contributed by atoms with E-state index < -0.39 is 11.7 Å². The van der Waals surface area contributed by atoms with Crippen molar-refractivity contribution in [2.75, 3.05) is 20.1 Å². The molecule has 5 nitrogen and oxygen atoms in total. The number of amides is 2. The van der Waals surface area contributed by atoms with Crippen molar-refractivity contribution >= 4 is 11.8 Å². The molecule has 1 aromatic rings. The van der Waals surface area contributed by atoms with Gasteiger partial charge in [0.2, 0.25) is 5.91 Å². The molecule has 0 aliphatic heterocycles. The van der Waals surface area contributed by atoms with Gasteiger partial charge in [0.1, 0.15) is 5.82 Å². The number of benzene rings is 1. The summed E-state index contributed by atoms with van der Waals surface area (Å²) >= 11 is 0. The van der Waals surface area contributed by atoms with Crippen LogP contribution in [0.15, 0.2) is 18.2 Å². The van der Waals surface area contributed by atoms with E-state index in [0.717, 1.165) is 0 Å². The van der Waals surface area contributed by atoms with Gasteiger partial charge in [-0.15, -0.1) is 0 Å². The van der Waals surface area contributed by atoms with Crippen molar-refractivity contribution in [3.05, 3.63) is 35.1 Å². The monoisotopic (exact) mass is 277 g/mol. The van der Waals surface area contributed by atoms with E-state index in [1.807, 2.05) is 0 Å². The van der Waals surface area contributed by atoms with Crippen LogP contribution in [-0.4, -0.2) is 32.0 Å². The summed E-state index contributed by atoms with van der Waals surface area (Å²) in [5.74, 6) is 3.86. The van der Waals surface area contributed by atoms with Crippen LogP contribution in [0, 0.1) is 17.7 Å². The number of hydrogen-bond donors (Lipinski definition) is 3. The fourth-order valence-electron chi connectivity index (χ4n) is 1.44. The fourth-order valence-corrected chi connectivity index (χ4v) is 1.44. The van der Waals surface area contributed by atoms with Crippen LogP contribution in [0.5, 0.6) is 0 Å². The summed E-state index contributed by atoms with van der Waals surface area (Å²) in [6, 6.07) is 4.07. The first kappa shape index (κ1) is 15.7. The molecule has 0 aliphatic carbocycles. The number of hydrogen-bond acceptors (Lipinski definition) is 3. The molecule has 0 heterocycles. The average Bonchev–Trinajstić information content (AvgIpc) is 2.44. The molecular weight excluding hydrogens is 261 g/mol. The molecule has 2 amide bonds. The number of halogens is 1. The SMILES string of the molecule is CNC(=O)CCNC(=O)c1ccc(C#CCN)cc1F. The maximum Gasteiger partial charge on any atom is 0.254 e. The normalized spacial score (nSPS) is 9.35. The van der Waals surface area contributed by atoms with Gasteiger partial charge in [-0.3, -0.25) is 9.59 Å². The zero-order chi connectivity index (χ0) is 15.0. The van der Waals surface area contributed by atoms with E-state index >= 15 is 0 Å². The van der Waals surface area contributed by atoms with Crippen molar-refractivity contribution in [3.8, 4) is 11.8 Å². The second-order valence-corrected chi connectivity index (χ2v) is 3.88. The lowest BCUT2D eigenvalue weighted by atomic mass is 10.1. The van der Waals surface area contributed by atoms with Crippen LogP contribution in [0.25, 0.3) is 0 Å². The number of carbonyl (C=O) groups is 2. The highest BCUT2D eigenvalue weighted by Gasteiger charge is 2.11. The molecule has 0 aromatic heterocycles. The third-order valence-corrected chi connectivity index (χ3v) is 2.46. The number of rotatable bonds is 4. The standard InChI is InChI=1S/C14H16FN3O2/c1-17-13(19)6-8-18-14(20)11-5-4-10(3-2-7-16)9-12(11)15/h4-5,9H,6-8,16H2,1H3,(H,17,19)(H,18,20). The fraction of sp³-hybridized carbons (Fsp3) is 0.286. The van der Waals surface area contributed by atoms with Crippen molar-refractivity contribution in [2.45, 2.75) is 6.42 Å². The molecule has 106 valence electrons. The van der Waals surface area contributed by atoms with Crippen LogP contribution in [-0.2, 0) is 4.79 Å². The minimum absolute atomic E-state index is 0.0831. The van der Waals surface area contributed by atoms with E-state index in [4.69, 9.17) is 5.73 Å². The zero-order valence-electron chi connectivity index (χ0n) is 11.1. The highest BCUT2D eigenvalue weighted by molar-refractivity contribution is 5.94. The smallest absolute Gasteiger partial charge is 0.254 e. The molecule has 0 aliphatic rings. The van der Waals surface area contributed by atoms with Gasteiger partial charge in [0, 0.05) is 25.6 Å². The van der Waals surface area contributed by atoms with Crippen LogP contribution in [0.3, 0.4) is 0 Å². The summed E-state index contributed by atoms with van der Waals surface area (Å²) in [5.41, 5.74) is 5.59. The van der Waals surface area contributed by atoms with E-state index in [1.54, 1.807) is 6.07 Å². The third kappa shape index (κ3) is 4.71. The number of nitrogens with two attached hydrogens (primary N) is 1. The third-order valence-electron chi connectivity index (χ3n) is 2.46. The Kier molecular flexibility index (Phi) is 6.20. The Morgan fingerprint density at radius 3 is 2.75 bits per heavy atom. The maximum absolute atomic E-state index is 13.7. The molecule has 0 saturated heterocycles. The molecule has 0 bridgehead atoms. The molecule has 0 unspecified atom stereocenters. The number of nitrogens with one attached hydrogen (secondary N) is 2. The Morgan fingerprint density at radius 2 is 2.15 bits per heavy atom. The Morgan fingerprint density at radius 1 is 1.40 bits per heavy atom. The van der Waals surface area contributed by atoms with Gasteiger partial charge in [-0.1, -0.05) is 11.8 Å². The summed E-state index contributed by atoms with van der Waals surface area (Å²) in [5, 5.41) is 4.90. The van der Waals surface area contributed by atoms with Crippen LogP contribution < -0.4 is 16.4 Å². The first-order valence-electron chi connectivity index (χ1n) is 6.05. The quantitative estimate of drug-likeness (QED) is 0.677. The van der Waals surface area contributed by atoms with E-state index in [1.165, 1.54) is 19.2 Å². The van der Waals surface area contributed by atoms with Gasteiger partial charge in [0.15, 0.2) is 0 Å². The van der Waals surface area contributed by atoms with Crippen molar-refractivity contribution < 1.29 is 14.0 Å². The Labute approximate surface area is 116 Å². The summed E-state index contributed by atoms with van der Waals surface area (Å²) in [6.07, 6.45) is 0.143.